The second kappa shape index (κ2) is 18.8. The predicted molar refractivity (Wildman–Crippen MR) is 232 cm³/mol. The average molecular weight is 890 g/mol. The molecule has 4 fully saturated rings. The molecule has 2 aromatic heterocycles. The van der Waals surface area contributed by atoms with Gasteiger partial charge in [-0.3, -0.25) is 23.7 Å². The molecule has 0 radical (unpaired) electrons. The number of carbonyl (C=O) groups is 4. The van der Waals surface area contributed by atoms with Crippen molar-refractivity contribution in [2.45, 2.75) is 101 Å². The van der Waals surface area contributed by atoms with E-state index in [1.807, 2.05) is 18.0 Å². The van der Waals surface area contributed by atoms with Crippen molar-refractivity contribution in [3.8, 4) is 5.75 Å². The van der Waals surface area contributed by atoms with Crippen molar-refractivity contribution in [2.75, 3.05) is 44.9 Å². The van der Waals surface area contributed by atoms with Crippen LogP contribution in [-0.2, 0) is 28.4 Å². The van der Waals surface area contributed by atoms with Crippen LogP contribution in [0.1, 0.15) is 91.4 Å². The summed E-state index contributed by atoms with van der Waals surface area (Å²) in [6.07, 6.45) is 8.21. The van der Waals surface area contributed by atoms with E-state index in [-0.39, 0.29) is 47.7 Å². The van der Waals surface area contributed by atoms with Crippen LogP contribution in [0.5, 0.6) is 5.75 Å². The van der Waals surface area contributed by atoms with E-state index < -0.39 is 43.4 Å². The molecule has 0 bridgehead atoms. The Hall–Kier alpha value is -4.96. The smallest absolute Gasteiger partial charge is 0.355 e. The second-order valence-electron chi connectivity index (χ2n) is 16.5. The summed E-state index contributed by atoms with van der Waals surface area (Å²) >= 11 is 1.19. The number of ether oxygens (including phenoxy) is 2. The molecule has 0 spiro atoms. The third kappa shape index (κ3) is 8.95. The van der Waals surface area contributed by atoms with Crippen molar-refractivity contribution in [1.29, 1.82) is 0 Å². The number of hydrogen-bond donors (Lipinski definition) is 2. The number of benzene rings is 2. The fraction of sp³-hybridized carbons (Fsp3) is 0.500. The third-order valence-corrected chi connectivity index (χ3v) is 15.5. The summed E-state index contributed by atoms with van der Waals surface area (Å²) in [5, 5.41) is 6.07. The van der Waals surface area contributed by atoms with Crippen LogP contribution >= 0.6 is 18.9 Å². The van der Waals surface area contributed by atoms with Gasteiger partial charge in [-0.05, 0) is 93.2 Å². The Morgan fingerprint density at radius 3 is 2.60 bits per heavy atom. The molecule has 4 aliphatic heterocycles. The van der Waals surface area contributed by atoms with Crippen molar-refractivity contribution in [1.82, 2.24) is 30.2 Å². The maximum Gasteiger partial charge on any atom is 0.355 e. The Bertz CT molecular complexity index is 2330. The predicted octanol–water partition coefficient (Wildman–Crippen LogP) is 6.36. The van der Waals surface area contributed by atoms with E-state index in [1.165, 1.54) is 30.4 Å². The number of methoxy groups -OCH3 is 1. The Morgan fingerprint density at radius 2 is 1.85 bits per heavy atom. The number of halogens is 1. The highest BCUT2D eigenvalue weighted by Crippen LogP contribution is 2.58. The van der Waals surface area contributed by atoms with Gasteiger partial charge in [0.05, 0.1) is 24.1 Å². The lowest BCUT2D eigenvalue weighted by Gasteiger charge is -2.46. The molecule has 4 aromatic rings. The van der Waals surface area contributed by atoms with Crippen molar-refractivity contribution in [2.24, 2.45) is 0 Å². The molecule has 0 saturated carbocycles. The maximum absolute atomic E-state index is 16.5. The number of rotatable bonds is 16. The number of esters is 1. The van der Waals surface area contributed by atoms with Crippen LogP contribution in [-0.4, -0.2) is 114 Å². The van der Waals surface area contributed by atoms with Crippen LogP contribution in [0.4, 0.5) is 10.2 Å². The maximum atomic E-state index is 16.5. The number of amides is 3. The molecular formula is C44H53FN7O8PS. The van der Waals surface area contributed by atoms with Crippen LogP contribution in [0.25, 0.3) is 10.1 Å². The lowest BCUT2D eigenvalue weighted by molar-refractivity contribution is -0.148. The van der Waals surface area contributed by atoms with Crippen LogP contribution in [0.15, 0.2) is 67.1 Å². The molecule has 4 saturated heterocycles. The van der Waals surface area contributed by atoms with E-state index >= 15 is 4.39 Å². The topological polar surface area (TPSA) is 173 Å². The van der Waals surface area contributed by atoms with E-state index in [1.54, 1.807) is 60.8 Å². The number of para-hydroxylation sites is 1. The molecule has 6 heterocycles. The first-order valence-corrected chi connectivity index (χ1v) is 23.9. The summed E-state index contributed by atoms with van der Waals surface area (Å²) in [5.41, 5.74) is 1.04. The van der Waals surface area contributed by atoms with Gasteiger partial charge in [0.2, 0.25) is 17.7 Å². The average Bonchev–Trinajstić information content (AvgIpc) is 3.84. The molecule has 18 heteroatoms. The zero-order chi connectivity index (χ0) is 43.5. The highest BCUT2D eigenvalue weighted by molar-refractivity contribution is 7.57. The van der Waals surface area contributed by atoms with E-state index in [4.69, 9.17) is 14.0 Å². The van der Waals surface area contributed by atoms with Gasteiger partial charge in [-0.15, -0.1) is 11.3 Å². The second-order valence-corrected chi connectivity index (χ2v) is 19.7. The minimum absolute atomic E-state index is 0.0239. The molecule has 1 unspecified atom stereocenters. The number of anilines is 1. The number of aromatic nitrogens is 2. The zero-order valence-electron chi connectivity index (χ0n) is 35.1. The minimum atomic E-state index is -4.45. The first-order chi connectivity index (χ1) is 30.0. The Kier molecular flexibility index (Phi) is 13.2. The van der Waals surface area contributed by atoms with Gasteiger partial charge in [0.25, 0.3) is 5.91 Å². The van der Waals surface area contributed by atoms with Crippen LogP contribution in [0, 0.1) is 0 Å². The number of nitrogens with zero attached hydrogens (tertiary/aromatic N) is 5. The van der Waals surface area contributed by atoms with Crippen molar-refractivity contribution in [3.05, 3.63) is 83.1 Å². The molecule has 3 amide bonds. The van der Waals surface area contributed by atoms with Crippen molar-refractivity contribution < 1.29 is 42.1 Å². The summed E-state index contributed by atoms with van der Waals surface area (Å²) in [7, 11) is -2.75. The third-order valence-electron chi connectivity index (χ3n) is 12.3. The molecule has 62 heavy (non-hydrogen) atoms. The van der Waals surface area contributed by atoms with Gasteiger partial charge in [0.15, 0.2) is 0 Å². The summed E-state index contributed by atoms with van der Waals surface area (Å²) in [5.74, 6) is -2.53. The standard InChI is InChI=1S/C44H53FN7O8PS/c1-4-19-59-44(56)27(2)49-61(57,60-33-10-6-5-7-11-33)39(45)28-13-16-37-29(20-28)21-38(62-37)41(53)48-35-12-8-9-31-14-15-36(52(31)42(35)54)43(55)50-23-30(24-50)34-22-46-26-47-40(34)51-18-17-32(51)25-58-3/h5-7,10-11,13,16,20-22,26-27,30-32,35-36,39H,4,8-9,12,14-15,17-19,23-25H2,1-3H3,(H,48,53)(H,49,57)/t27-,31-,32-,35-,36-,39+,61?/m0/s1. The Balaban J connectivity index is 0.930. The molecule has 7 atom stereocenters. The van der Waals surface area contributed by atoms with Crippen LogP contribution < -0.4 is 19.8 Å². The quantitative estimate of drug-likeness (QED) is 0.0945. The van der Waals surface area contributed by atoms with E-state index in [9.17, 15) is 23.7 Å². The minimum Gasteiger partial charge on any atom is -0.465 e. The lowest BCUT2D eigenvalue weighted by atomic mass is 9.90. The number of thiophene rings is 1. The van der Waals surface area contributed by atoms with Gasteiger partial charge in [-0.1, -0.05) is 31.2 Å². The van der Waals surface area contributed by atoms with E-state index in [0.717, 1.165) is 37.2 Å². The van der Waals surface area contributed by atoms with Gasteiger partial charge in [-0.2, -0.15) is 0 Å². The normalized spacial score (nSPS) is 23.4. The fourth-order valence-electron chi connectivity index (χ4n) is 8.92. The summed E-state index contributed by atoms with van der Waals surface area (Å²) in [4.78, 5) is 69.7. The van der Waals surface area contributed by atoms with Crippen molar-refractivity contribution in [3.63, 3.8) is 0 Å². The molecule has 15 nitrogen and oxygen atoms in total. The molecule has 330 valence electrons. The number of fused-ring (bicyclic) bond motifs is 2. The number of hydrogen-bond acceptors (Lipinski definition) is 12. The van der Waals surface area contributed by atoms with Gasteiger partial charge in [0, 0.05) is 55.2 Å². The highest BCUT2D eigenvalue weighted by atomic mass is 32.1. The first kappa shape index (κ1) is 43.7. The number of carbonyl (C=O) groups excluding carboxylic acids is 4. The molecule has 4 aliphatic rings. The monoisotopic (exact) mass is 889 g/mol. The Morgan fingerprint density at radius 1 is 1.05 bits per heavy atom. The van der Waals surface area contributed by atoms with E-state index in [0.29, 0.717) is 60.3 Å². The number of alkyl halides is 1. The molecule has 2 aromatic carbocycles. The molecular weight excluding hydrogens is 837 g/mol. The zero-order valence-corrected chi connectivity index (χ0v) is 36.8. The first-order valence-electron chi connectivity index (χ1n) is 21.4. The number of likely N-dealkylation sites (tertiary alicyclic amines) is 1. The summed E-state index contributed by atoms with van der Waals surface area (Å²) in [6, 6.07) is 12.0. The SMILES string of the molecule is CCCOC(=O)[C@H](C)NP(=O)(Oc1ccccc1)[C@@H](F)c1ccc2sc(C(=O)N[C@H]3CCC[C@H]4CC[C@@H](C(=O)N5CC(c6cncnc6N6CC[C@H]6COC)C5)N4C3=O)cc2c1. The largest absolute Gasteiger partial charge is 0.465 e. The van der Waals surface area contributed by atoms with E-state index in [2.05, 4.69) is 25.3 Å². The van der Waals surface area contributed by atoms with Crippen LogP contribution in [0.3, 0.4) is 0 Å². The van der Waals surface area contributed by atoms with Gasteiger partial charge in [0.1, 0.15) is 36.0 Å². The Labute approximate surface area is 364 Å². The summed E-state index contributed by atoms with van der Waals surface area (Å²) < 4.78 is 47.9. The fourth-order valence-corrected chi connectivity index (χ4v) is 11.8. The van der Waals surface area contributed by atoms with Gasteiger partial charge in [-0.25, -0.2) is 19.4 Å². The number of nitrogens with one attached hydrogen (secondary N) is 2. The molecule has 2 N–H and O–H groups in total. The molecule has 0 aliphatic carbocycles. The van der Waals surface area contributed by atoms with Gasteiger partial charge < -0.3 is 34.0 Å². The highest BCUT2D eigenvalue weighted by Gasteiger charge is 2.48. The van der Waals surface area contributed by atoms with Crippen LogP contribution in [0.2, 0.25) is 0 Å². The summed E-state index contributed by atoms with van der Waals surface area (Å²) in [6.45, 7) is 5.98. The van der Waals surface area contributed by atoms with Gasteiger partial charge >= 0.3 is 13.5 Å². The van der Waals surface area contributed by atoms with Crippen molar-refractivity contribution >= 4 is 58.5 Å². The molecule has 8 rings (SSSR count). The lowest BCUT2D eigenvalue weighted by Crippen LogP contribution is -2.59.